The molecule has 3 aromatic rings. The first-order chi connectivity index (χ1) is 12.6. The van der Waals surface area contributed by atoms with Crippen LogP contribution in [0, 0.1) is 6.92 Å². The van der Waals surface area contributed by atoms with Gasteiger partial charge in [0.2, 0.25) is 11.8 Å². The highest BCUT2D eigenvalue weighted by atomic mass is 16.5. The molecule has 4 rings (SSSR count). The molecule has 0 radical (unpaired) electrons. The van der Waals surface area contributed by atoms with Crippen LogP contribution in [0.15, 0.2) is 39.8 Å². The molecular weight excluding hydrogens is 334 g/mol. The Morgan fingerprint density at radius 2 is 2.15 bits per heavy atom. The fourth-order valence-electron chi connectivity index (χ4n) is 3.44. The standard InChI is InChI=1S/C18H19N5O3/c1-12-20-18(26-21-12)15-8-4-5-9-22(15)17(25)11-23-14-7-3-2-6-13(14)19-10-16(23)24/h2-3,6-7,10,15H,4-5,8-9,11H2,1H3. The van der Waals surface area contributed by atoms with E-state index in [-0.39, 0.29) is 24.1 Å². The zero-order valence-corrected chi connectivity index (χ0v) is 14.5. The van der Waals surface area contributed by atoms with Gasteiger partial charge in [0.1, 0.15) is 12.6 Å². The predicted octanol–water partition coefficient (Wildman–Crippen LogP) is 1.84. The van der Waals surface area contributed by atoms with Gasteiger partial charge in [0.25, 0.3) is 5.56 Å². The van der Waals surface area contributed by atoms with Gasteiger partial charge in [-0.1, -0.05) is 17.3 Å². The maximum Gasteiger partial charge on any atom is 0.269 e. The minimum absolute atomic E-state index is 0.0362. The van der Waals surface area contributed by atoms with Crippen molar-refractivity contribution in [2.24, 2.45) is 0 Å². The lowest BCUT2D eigenvalue weighted by Crippen LogP contribution is -2.42. The third-order valence-electron chi connectivity index (χ3n) is 4.70. The first kappa shape index (κ1) is 16.4. The number of amides is 1. The Hall–Kier alpha value is -3.03. The van der Waals surface area contributed by atoms with Crippen molar-refractivity contribution in [2.45, 2.75) is 38.8 Å². The summed E-state index contributed by atoms with van der Waals surface area (Å²) in [6.07, 6.45) is 3.94. The molecule has 3 heterocycles. The number of carbonyl (C=O) groups excluding carboxylic acids is 1. The molecule has 134 valence electrons. The Morgan fingerprint density at radius 1 is 1.31 bits per heavy atom. The van der Waals surface area contributed by atoms with Gasteiger partial charge in [-0.2, -0.15) is 4.98 Å². The van der Waals surface area contributed by atoms with Crippen molar-refractivity contribution in [1.82, 2.24) is 24.6 Å². The Bertz CT molecular complexity index is 1010. The second kappa shape index (κ2) is 6.70. The normalized spacial score (nSPS) is 17.6. The van der Waals surface area contributed by atoms with Crippen LogP contribution < -0.4 is 5.56 Å². The van der Waals surface area contributed by atoms with Crippen molar-refractivity contribution >= 4 is 16.9 Å². The van der Waals surface area contributed by atoms with Crippen molar-refractivity contribution in [2.75, 3.05) is 6.54 Å². The van der Waals surface area contributed by atoms with Crippen LogP contribution in [0.5, 0.6) is 0 Å². The van der Waals surface area contributed by atoms with Gasteiger partial charge < -0.3 is 9.42 Å². The van der Waals surface area contributed by atoms with Gasteiger partial charge in [-0.3, -0.25) is 14.2 Å². The van der Waals surface area contributed by atoms with E-state index in [1.165, 1.54) is 10.8 Å². The van der Waals surface area contributed by atoms with E-state index < -0.39 is 0 Å². The average molecular weight is 353 g/mol. The van der Waals surface area contributed by atoms with Gasteiger partial charge >= 0.3 is 0 Å². The van der Waals surface area contributed by atoms with Crippen molar-refractivity contribution in [1.29, 1.82) is 0 Å². The van der Waals surface area contributed by atoms with Crippen LogP contribution in [0.2, 0.25) is 0 Å². The van der Waals surface area contributed by atoms with Crippen LogP contribution >= 0.6 is 0 Å². The Morgan fingerprint density at radius 3 is 2.96 bits per heavy atom. The monoisotopic (exact) mass is 353 g/mol. The second-order valence-electron chi connectivity index (χ2n) is 6.45. The Labute approximate surface area is 149 Å². The second-order valence-corrected chi connectivity index (χ2v) is 6.45. The number of para-hydroxylation sites is 2. The molecular formula is C18H19N5O3. The fraction of sp³-hybridized carbons (Fsp3) is 0.389. The summed E-state index contributed by atoms with van der Waals surface area (Å²) in [5, 5.41) is 3.84. The van der Waals surface area contributed by atoms with Gasteiger partial charge in [0.15, 0.2) is 5.82 Å². The molecule has 1 aliphatic rings. The minimum atomic E-state index is -0.292. The number of fused-ring (bicyclic) bond motifs is 1. The SMILES string of the molecule is Cc1noc(C2CCCCN2C(=O)Cn2c(=O)cnc3ccccc32)n1. The van der Waals surface area contributed by atoms with Crippen molar-refractivity contribution in [3.8, 4) is 0 Å². The van der Waals surface area contributed by atoms with Crippen molar-refractivity contribution < 1.29 is 9.32 Å². The van der Waals surface area contributed by atoms with E-state index >= 15 is 0 Å². The summed E-state index contributed by atoms with van der Waals surface area (Å²) in [5.74, 6) is 0.876. The van der Waals surface area contributed by atoms with E-state index in [1.807, 2.05) is 18.2 Å². The largest absolute Gasteiger partial charge is 0.337 e. The summed E-state index contributed by atoms with van der Waals surface area (Å²) < 4.78 is 6.76. The maximum atomic E-state index is 13.0. The zero-order valence-electron chi connectivity index (χ0n) is 14.5. The molecule has 0 bridgehead atoms. The number of benzene rings is 1. The number of piperidine rings is 1. The fourth-order valence-corrected chi connectivity index (χ4v) is 3.44. The lowest BCUT2D eigenvalue weighted by atomic mass is 10.0. The van der Waals surface area contributed by atoms with E-state index in [1.54, 1.807) is 17.9 Å². The number of aryl methyl sites for hydroxylation is 1. The predicted molar refractivity (Wildman–Crippen MR) is 93.3 cm³/mol. The summed E-state index contributed by atoms with van der Waals surface area (Å²) >= 11 is 0. The van der Waals surface area contributed by atoms with E-state index in [0.717, 1.165) is 19.3 Å². The first-order valence-corrected chi connectivity index (χ1v) is 8.68. The number of hydrogen-bond donors (Lipinski definition) is 0. The molecule has 0 spiro atoms. The third-order valence-corrected chi connectivity index (χ3v) is 4.70. The molecule has 26 heavy (non-hydrogen) atoms. The first-order valence-electron chi connectivity index (χ1n) is 8.68. The van der Waals surface area contributed by atoms with Gasteiger partial charge in [-0.25, -0.2) is 4.98 Å². The molecule has 1 amide bonds. The number of nitrogens with zero attached hydrogens (tertiary/aromatic N) is 5. The molecule has 8 nitrogen and oxygen atoms in total. The highest BCUT2D eigenvalue weighted by Gasteiger charge is 2.32. The molecule has 8 heteroatoms. The number of likely N-dealkylation sites (tertiary alicyclic amines) is 1. The van der Waals surface area contributed by atoms with Gasteiger partial charge in [0.05, 0.1) is 17.2 Å². The summed E-state index contributed by atoms with van der Waals surface area (Å²) in [4.78, 5) is 35.5. The van der Waals surface area contributed by atoms with Crippen LogP contribution in [0.1, 0.15) is 37.0 Å². The highest BCUT2D eigenvalue weighted by molar-refractivity contribution is 5.80. The van der Waals surface area contributed by atoms with E-state index in [9.17, 15) is 9.59 Å². The quantitative estimate of drug-likeness (QED) is 0.713. The van der Waals surface area contributed by atoms with Crippen LogP contribution in [-0.4, -0.2) is 37.0 Å². The number of aromatic nitrogens is 4. The van der Waals surface area contributed by atoms with E-state index in [4.69, 9.17) is 4.52 Å². The molecule has 1 fully saturated rings. The number of hydrogen-bond acceptors (Lipinski definition) is 6. The van der Waals surface area contributed by atoms with Gasteiger partial charge in [0, 0.05) is 6.54 Å². The van der Waals surface area contributed by atoms with E-state index in [2.05, 4.69) is 15.1 Å². The Balaban J connectivity index is 1.65. The molecule has 0 saturated carbocycles. The smallest absolute Gasteiger partial charge is 0.269 e. The molecule has 1 aliphatic heterocycles. The van der Waals surface area contributed by atoms with Crippen LogP contribution in [0.4, 0.5) is 0 Å². The molecule has 1 saturated heterocycles. The summed E-state index contributed by atoms with van der Waals surface area (Å²) in [5.41, 5.74) is 1.04. The molecule has 1 unspecified atom stereocenters. The van der Waals surface area contributed by atoms with Crippen LogP contribution in [0.3, 0.4) is 0 Å². The Kier molecular flexibility index (Phi) is 4.24. The van der Waals surface area contributed by atoms with Crippen molar-refractivity contribution in [3.63, 3.8) is 0 Å². The van der Waals surface area contributed by atoms with Gasteiger partial charge in [-0.05, 0) is 38.3 Å². The van der Waals surface area contributed by atoms with E-state index in [0.29, 0.717) is 29.3 Å². The zero-order chi connectivity index (χ0) is 18.1. The summed E-state index contributed by atoms with van der Waals surface area (Å²) in [6, 6.07) is 7.06. The van der Waals surface area contributed by atoms with Crippen LogP contribution in [0.25, 0.3) is 11.0 Å². The molecule has 2 aromatic heterocycles. The maximum absolute atomic E-state index is 13.0. The molecule has 0 N–H and O–H groups in total. The van der Waals surface area contributed by atoms with Gasteiger partial charge in [-0.15, -0.1) is 0 Å². The van der Waals surface area contributed by atoms with Crippen molar-refractivity contribution in [3.05, 3.63) is 52.5 Å². The lowest BCUT2D eigenvalue weighted by molar-refractivity contribution is -0.136. The highest BCUT2D eigenvalue weighted by Crippen LogP contribution is 2.30. The van der Waals surface area contributed by atoms with Crippen LogP contribution in [-0.2, 0) is 11.3 Å². The molecule has 0 aliphatic carbocycles. The summed E-state index contributed by atoms with van der Waals surface area (Å²) in [7, 11) is 0. The number of carbonyl (C=O) groups is 1. The summed E-state index contributed by atoms with van der Waals surface area (Å²) in [6.45, 7) is 2.33. The average Bonchev–Trinajstić information content (AvgIpc) is 3.10. The molecule has 1 atom stereocenters. The topological polar surface area (TPSA) is 94.1 Å². The lowest BCUT2D eigenvalue weighted by Gasteiger charge is -2.33. The third kappa shape index (κ3) is 2.98. The number of rotatable bonds is 3. The molecule has 1 aromatic carbocycles. The minimum Gasteiger partial charge on any atom is -0.337 e.